The van der Waals surface area contributed by atoms with E-state index in [0.717, 1.165) is 25.7 Å². The maximum Gasteiger partial charge on any atom is 0.273 e. The van der Waals surface area contributed by atoms with E-state index in [9.17, 15) is 4.79 Å². The molecule has 0 saturated carbocycles. The average molecular weight is 321 g/mol. The van der Waals surface area contributed by atoms with Gasteiger partial charge in [-0.2, -0.15) is 4.98 Å². The molecule has 3 heterocycles. The highest BCUT2D eigenvalue weighted by molar-refractivity contribution is 6.29. The first-order valence-corrected chi connectivity index (χ1v) is 7.76. The van der Waals surface area contributed by atoms with Crippen LogP contribution >= 0.6 is 11.6 Å². The number of rotatable bonds is 2. The molecule has 0 aliphatic carbocycles. The van der Waals surface area contributed by atoms with Crippen LogP contribution in [0.2, 0.25) is 5.15 Å². The van der Waals surface area contributed by atoms with Gasteiger partial charge >= 0.3 is 0 Å². The second kappa shape index (κ2) is 6.44. The lowest BCUT2D eigenvalue weighted by atomic mass is 10.1. The van der Waals surface area contributed by atoms with Crippen LogP contribution in [0.1, 0.15) is 53.9 Å². The number of likely N-dealkylation sites (tertiary alicyclic amines) is 1. The molecule has 1 saturated heterocycles. The Balaban J connectivity index is 1.91. The topological polar surface area (TPSA) is 72.1 Å². The van der Waals surface area contributed by atoms with Crippen LogP contribution in [0.15, 0.2) is 22.7 Å². The van der Waals surface area contributed by atoms with Crippen LogP contribution in [-0.2, 0) is 0 Å². The SMILES string of the molecule is Cc1nc([C@@H]2CCCCCN2C(=O)c2cccc(Cl)n2)no1. The van der Waals surface area contributed by atoms with Crippen LogP contribution in [0.25, 0.3) is 0 Å². The van der Waals surface area contributed by atoms with Crippen molar-refractivity contribution in [3.63, 3.8) is 0 Å². The molecule has 2 aromatic heterocycles. The average Bonchev–Trinajstić information content (AvgIpc) is 2.80. The molecular weight excluding hydrogens is 304 g/mol. The van der Waals surface area contributed by atoms with Crippen molar-refractivity contribution in [2.75, 3.05) is 6.54 Å². The molecular formula is C15H17ClN4O2. The van der Waals surface area contributed by atoms with Crippen molar-refractivity contribution in [1.82, 2.24) is 20.0 Å². The third-order valence-electron chi connectivity index (χ3n) is 3.79. The highest BCUT2D eigenvalue weighted by Crippen LogP contribution is 2.29. The minimum Gasteiger partial charge on any atom is -0.340 e. The summed E-state index contributed by atoms with van der Waals surface area (Å²) in [6, 6.07) is 4.89. The van der Waals surface area contributed by atoms with Gasteiger partial charge in [0, 0.05) is 13.5 Å². The van der Waals surface area contributed by atoms with Gasteiger partial charge in [-0.15, -0.1) is 0 Å². The van der Waals surface area contributed by atoms with Crippen LogP contribution in [0.4, 0.5) is 0 Å². The summed E-state index contributed by atoms with van der Waals surface area (Å²) in [7, 11) is 0. The quantitative estimate of drug-likeness (QED) is 0.795. The number of halogens is 1. The van der Waals surface area contributed by atoms with E-state index in [1.807, 2.05) is 0 Å². The molecule has 22 heavy (non-hydrogen) atoms. The molecule has 0 N–H and O–H groups in total. The van der Waals surface area contributed by atoms with Crippen molar-refractivity contribution in [1.29, 1.82) is 0 Å². The van der Waals surface area contributed by atoms with Gasteiger partial charge in [-0.25, -0.2) is 4.98 Å². The molecule has 1 fully saturated rings. The number of aryl methyl sites for hydroxylation is 1. The Morgan fingerprint density at radius 2 is 2.18 bits per heavy atom. The molecule has 0 bridgehead atoms. The van der Waals surface area contributed by atoms with Gasteiger partial charge in [0.2, 0.25) is 5.89 Å². The van der Waals surface area contributed by atoms with Crippen molar-refractivity contribution < 1.29 is 9.32 Å². The van der Waals surface area contributed by atoms with Crippen molar-refractivity contribution in [2.45, 2.75) is 38.6 Å². The highest BCUT2D eigenvalue weighted by atomic mass is 35.5. The lowest BCUT2D eigenvalue weighted by molar-refractivity contribution is 0.0664. The summed E-state index contributed by atoms with van der Waals surface area (Å²) in [6.07, 6.45) is 3.90. The summed E-state index contributed by atoms with van der Waals surface area (Å²) in [5.41, 5.74) is 0.347. The first-order chi connectivity index (χ1) is 10.6. The summed E-state index contributed by atoms with van der Waals surface area (Å²) >= 11 is 5.90. The van der Waals surface area contributed by atoms with Gasteiger partial charge in [-0.05, 0) is 25.0 Å². The molecule has 0 spiro atoms. The summed E-state index contributed by atoms with van der Waals surface area (Å²) in [6.45, 7) is 2.41. The number of nitrogens with zero attached hydrogens (tertiary/aromatic N) is 4. The van der Waals surface area contributed by atoms with Crippen LogP contribution < -0.4 is 0 Å². The number of carbonyl (C=O) groups excluding carboxylic acids is 1. The zero-order valence-electron chi connectivity index (χ0n) is 12.3. The molecule has 0 aromatic carbocycles. The zero-order chi connectivity index (χ0) is 15.5. The van der Waals surface area contributed by atoms with E-state index in [-0.39, 0.29) is 11.9 Å². The van der Waals surface area contributed by atoms with Gasteiger partial charge < -0.3 is 9.42 Å². The van der Waals surface area contributed by atoms with Crippen LogP contribution in [0.5, 0.6) is 0 Å². The molecule has 1 aliphatic heterocycles. The molecule has 116 valence electrons. The van der Waals surface area contributed by atoms with Crippen molar-refractivity contribution in [2.24, 2.45) is 0 Å². The Hall–Kier alpha value is -1.95. The molecule has 7 heteroatoms. The predicted octanol–water partition coefficient (Wildman–Crippen LogP) is 3.18. The smallest absolute Gasteiger partial charge is 0.273 e. The van der Waals surface area contributed by atoms with Gasteiger partial charge in [0.05, 0.1) is 6.04 Å². The molecule has 0 unspecified atom stereocenters. The Labute approximate surface area is 133 Å². The van der Waals surface area contributed by atoms with E-state index in [1.165, 1.54) is 0 Å². The summed E-state index contributed by atoms with van der Waals surface area (Å²) in [5.74, 6) is 0.930. The maximum absolute atomic E-state index is 12.8. The van der Waals surface area contributed by atoms with E-state index in [2.05, 4.69) is 15.1 Å². The van der Waals surface area contributed by atoms with Crippen molar-refractivity contribution in [3.05, 3.63) is 40.8 Å². The lowest BCUT2D eigenvalue weighted by Gasteiger charge is -2.27. The molecule has 1 aliphatic rings. The highest BCUT2D eigenvalue weighted by Gasteiger charge is 2.31. The maximum atomic E-state index is 12.8. The number of hydrogen-bond acceptors (Lipinski definition) is 5. The monoisotopic (exact) mass is 320 g/mol. The van der Waals surface area contributed by atoms with Gasteiger partial charge in [0.15, 0.2) is 5.82 Å². The lowest BCUT2D eigenvalue weighted by Crippen LogP contribution is -2.35. The predicted molar refractivity (Wildman–Crippen MR) is 80.5 cm³/mol. The number of aromatic nitrogens is 3. The van der Waals surface area contributed by atoms with Crippen LogP contribution in [0, 0.1) is 6.92 Å². The normalized spacial score (nSPS) is 19.0. The number of pyridine rings is 1. The fraction of sp³-hybridized carbons (Fsp3) is 0.467. The third kappa shape index (κ3) is 3.11. The van der Waals surface area contributed by atoms with Gasteiger partial charge in [0.1, 0.15) is 10.8 Å². The Morgan fingerprint density at radius 1 is 1.32 bits per heavy atom. The van der Waals surface area contributed by atoms with E-state index in [4.69, 9.17) is 16.1 Å². The molecule has 0 radical (unpaired) electrons. The van der Waals surface area contributed by atoms with E-state index in [0.29, 0.717) is 29.1 Å². The second-order valence-corrected chi connectivity index (χ2v) is 5.77. The molecule has 1 amide bonds. The summed E-state index contributed by atoms with van der Waals surface area (Å²) in [4.78, 5) is 23.0. The van der Waals surface area contributed by atoms with E-state index < -0.39 is 0 Å². The minimum atomic E-state index is -0.173. The standard InChI is InChI=1S/C15H17ClN4O2/c1-10-17-14(19-22-10)12-7-3-2-4-9-20(12)15(21)11-6-5-8-13(16)18-11/h5-6,8,12H,2-4,7,9H2,1H3/t12-/m0/s1. The Morgan fingerprint density at radius 3 is 2.91 bits per heavy atom. The van der Waals surface area contributed by atoms with Gasteiger partial charge in [0.25, 0.3) is 5.91 Å². The van der Waals surface area contributed by atoms with Crippen molar-refractivity contribution in [3.8, 4) is 0 Å². The second-order valence-electron chi connectivity index (χ2n) is 5.38. The zero-order valence-corrected chi connectivity index (χ0v) is 13.1. The summed E-state index contributed by atoms with van der Waals surface area (Å²) in [5, 5.41) is 4.31. The fourth-order valence-corrected chi connectivity index (χ4v) is 2.91. The Bertz CT molecular complexity index is 673. The number of amides is 1. The van der Waals surface area contributed by atoms with Gasteiger partial charge in [-0.1, -0.05) is 35.7 Å². The number of carbonyl (C=O) groups is 1. The molecule has 2 aromatic rings. The minimum absolute atomic E-state index is 0.142. The fourth-order valence-electron chi connectivity index (χ4n) is 2.74. The third-order valence-corrected chi connectivity index (χ3v) is 4.00. The van der Waals surface area contributed by atoms with Crippen LogP contribution in [-0.4, -0.2) is 32.5 Å². The molecule has 6 nitrogen and oxygen atoms in total. The summed E-state index contributed by atoms with van der Waals surface area (Å²) < 4.78 is 5.08. The largest absolute Gasteiger partial charge is 0.340 e. The van der Waals surface area contributed by atoms with E-state index >= 15 is 0 Å². The Kier molecular flexibility index (Phi) is 4.38. The van der Waals surface area contributed by atoms with E-state index in [1.54, 1.807) is 30.0 Å². The van der Waals surface area contributed by atoms with Gasteiger partial charge in [-0.3, -0.25) is 4.79 Å². The first kappa shape index (κ1) is 15.0. The molecule has 3 rings (SSSR count). The number of hydrogen-bond donors (Lipinski definition) is 0. The first-order valence-electron chi connectivity index (χ1n) is 7.39. The van der Waals surface area contributed by atoms with Crippen molar-refractivity contribution >= 4 is 17.5 Å². The van der Waals surface area contributed by atoms with Crippen LogP contribution in [0.3, 0.4) is 0 Å². The molecule has 1 atom stereocenters.